The van der Waals surface area contributed by atoms with Crippen LogP contribution in [-0.2, 0) is 20.6 Å². The molecular weight excluding hydrogens is 502 g/mol. The molecule has 8 unspecified atom stereocenters. The largest absolute Gasteiger partial charge is 0.465 e. The highest BCUT2D eigenvalue weighted by Crippen LogP contribution is 2.48. The zero-order valence-corrected chi connectivity index (χ0v) is 23.0. The number of carbonyl (C=O) groups is 2. The molecule has 10 nitrogen and oxygen atoms in total. The van der Waals surface area contributed by atoms with Gasteiger partial charge in [-0.25, -0.2) is 9.78 Å². The summed E-state index contributed by atoms with van der Waals surface area (Å²) in [6.45, 7) is 7.79. The Bertz CT molecular complexity index is 1350. The number of ketones is 1. The maximum atomic E-state index is 13.2. The molecule has 5 rings (SSSR count). The second-order valence-corrected chi connectivity index (χ2v) is 11.1. The quantitative estimate of drug-likeness (QED) is 0.239. The van der Waals surface area contributed by atoms with Gasteiger partial charge in [-0.1, -0.05) is 27.7 Å². The average molecular weight is 540 g/mol. The van der Waals surface area contributed by atoms with E-state index in [4.69, 9.17) is 24.4 Å². The zero-order chi connectivity index (χ0) is 28.1. The number of nitrogen functional groups attached to an aromatic ring is 1. The number of ether oxygens (including phenoxy) is 3. The van der Waals surface area contributed by atoms with Gasteiger partial charge in [0.25, 0.3) is 0 Å². The van der Waals surface area contributed by atoms with Crippen LogP contribution in [0.1, 0.15) is 67.3 Å². The Morgan fingerprint density at radius 2 is 2.03 bits per heavy atom. The number of hydrogen-bond acceptors (Lipinski definition) is 9. The van der Waals surface area contributed by atoms with E-state index < -0.39 is 29.9 Å². The molecule has 2 aliphatic rings. The Kier molecular flexibility index (Phi) is 7.30. The zero-order valence-electron chi connectivity index (χ0n) is 23.0. The number of nitrogens with two attached hydrogens (primary N) is 1. The number of nitrogens with zero attached hydrogens (tertiary/aromatic N) is 1. The molecule has 1 aromatic carbocycles. The molecular formula is C29H37N3O7. The molecule has 2 saturated heterocycles. The molecule has 10 heteroatoms. The molecule has 0 saturated carbocycles. The van der Waals surface area contributed by atoms with Gasteiger partial charge in [-0.05, 0) is 36.6 Å². The fourth-order valence-corrected chi connectivity index (χ4v) is 6.13. The van der Waals surface area contributed by atoms with E-state index in [1.165, 1.54) is 7.11 Å². The second-order valence-electron chi connectivity index (χ2n) is 11.1. The Hall–Kier alpha value is -3.21. The summed E-state index contributed by atoms with van der Waals surface area (Å²) < 4.78 is 24.3. The van der Waals surface area contributed by atoms with Gasteiger partial charge in [-0.15, -0.1) is 0 Å². The number of benzene rings is 1. The molecule has 4 heterocycles. The summed E-state index contributed by atoms with van der Waals surface area (Å²) in [5.41, 5.74) is 7.75. The number of oxazole rings is 1. The molecule has 8 atom stereocenters. The lowest BCUT2D eigenvalue weighted by Gasteiger charge is -2.55. The van der Waals surface area contributed by atoms with Crippen molar-refractivity contribution in [2.24, 2.45) is 23.7 Å². The Morgan fingerprint density at radius 1 is 1.26 bits per heavy atom. The molecule has 0 aliphatic carbocycles. The molecule has 4 N–H and O–H groups in total. The number of nitrogens with one attached hydrogen (secondary N) is 1. The van der Waals surface area contributed by atoms with E-state index in [1.807, 2.05) is 20.8 Å². The number of Topliss-reactive ketones (excluding diaryl/α,β-unsaturated/α-hetero) is 1. The summed E-state index contributed by atoms with van der Waals surface area (Å²) in [5.74, 6) is -2.23. The van der Waals surface area contributed by atoms with Crippen LogP contribution in [0.15, 0.2) is 34.9 Å². The molecule has 0 radical (unpaired) electrons. The van der Waals surface area contributed by atoms with Crippen molar-refractivity contribution in [3.8, 4) is 0 Å². The number of H-pyrrole nitrogens is 1. The third kappa shape index (κ3) is 4.74. The maximum Gasteiger partial charge on any atom is 0.342 e. The van der Waals surface area contributed by atoms with Crippen LogP contribution in [0.25, 0.3) is 11.1 Å². The topological polar surface area (TPSA) is 150 Å². The van der Waals surface area contributed by atoms with Crippen LogP contribution < -0.4 is 5.73 Å². The van der Waals surface area contributed by atoms with Crippen LogP contribution in [-0.4, -0.2) is 58.0 Å². The Labute approximate surface area is 227 Å². The minimum absolute atomic E-state index is 0.0679. The number of aromatic amines is 1. The lowest BCUT2D eigenvalue weighted by Crippen LogP contribution is -2.63. The molecule has 39 heavy (non-hydrogen) atoms. The van der Waals surface area contributed by atoms with Gasteiger partial charge in [0, 0.05) is 36.1 Å². The van der Waals surface area contributed by atoms with Crippen molar-refractivity contribution in [2.75, 3.05) is 12.8 Å². The van der Waals surface area contributed by atoms with Gasteiger partial charge < -0.3 is 34.5 Å². The highest BCUT2D eigenvalue weighted by atomic mass is 16.7. The first-order chi connectivity index (χ1) is 18.6. The highest BCUT2D eigenvalue weighted by molar-refractivity contribution is 6.06. The van der Waals surface area contributed by atoms with Crippen molar-refractivity contribution in [3.05, 3.63) is 47.6 Å². The minimum atomic E-state index is -1.06. The van der Waals surface area contributed by atoms with Gasteiger partial charge in [0.15, 0.2) is 23.0 Å². The van der Waals surface area contributed by atoms with Gasteiger partial charge in [-0.2, -0.15) is 0 Å². The van der Waals surface area contributed by atoms with Crippen molar-refractivity contribution in [3.63, 3.8) is 0 Å². The lowest BCUT2D eigenvalue weighted by atomic mass is 9.73. The number of aliphatic hydroxyl groups excluding tert-OH is 1. The standard InChI is InChI=1S/C29H37N3O7/c1-14-10-11-29(17(4)25(33)15(2)27(39-29)16(3)26(34)19-7-6-12-31-19)38-21(14)13-22-32-24-20(37-22)9-8-18(30)23(24)28(35)36-5/h6-9,12,14-17,21,25,27,31,33H,10-11,13,30H2,1-5H3. The molecule has 0 amide bonds. The predicted molar refractivity (Wildman–Crippen MR) is 143 cm³/mol. The number of anilines is 1. The van der Waals surface area contributed by atoms with E-state index >= 15 is 0 Å². The van der Waals surface area contributed by atoms with E-state index in [1.54, 1.807) is 30.5 Å². The van der Waals surface area contributed by atoms with Crippen LogP contribution in [0.4, 0.5) is 5.69 Å². The number of aliphatic hydroxyl groups is 1. The first kappa shape index (κ1) is 27.4. The highest BCUT2D eigenvalue weighted by Gasteiger charge is 2.56. The van der Waals surface area contributed by atoms with Gasteiger partial charge in [0.1, 0.15) is 11.1 Å². The molecule has 2 aliphatic heterocycles. The third-order valence-corrected chi connectivity index (χ3v) is 8.70. The van der Waals surface area contributed by atoms with Crippen molar-refractivity contribution in [1.82, 2.24) is 9.97 Å². The fraction of sp³-hybridized carbons (Fsp3) is 0.552. The van der Waals surface area contributed by atoms with Crippen molar-refractivity contribution in [1.29, 1.82) is 0 Å². The number of rotatable bonds is 6. The number of methoxy groups -OCH3 is 1. The lowest BCUT2D eigenvalue weighted by molar-refractivity contribution is -0.372. The summed E-state index contributed by atoms with van der Waals surface area (Å²) >= 11 is 0. The van der Waals surface area contributed by atoms with Crippen LogP contribution in [0.5, 0.6) is 0 Å². The van der Waals surface area contributed by atoms with Gasteiger partial charge in [-0.3, -0.25) is 4.79 Å². The van der Waals surface area contributed by atoms with Crippen LogP contribution in [0, 0.1) is 23.7 Å². The molecule has 0 bridgehead atoms. The smallest absolute Gasteiger partial charge is 0.342 e. The number of esters is 1. The number of carbonyl (C=O) groups excluding carboxylic acids is 2. The number of aromatic nitrogens is 2. The summed E-state index contributed by atoms with van der Waals surface area (Å²) in [4.78, 5) is 33.1. The summed E-state index contributed by atoms with van der Waals surface area (Å²) in [6.07, 6.45) is 1.86. The van der Waals surface area contributed by atoms with E-state index in [-0.39, 0.29) is 40.9 Å². The van der Waals surface area contributed by atoms with Crippen molar-refractivity contribution in [2.45, 2.75) is 71.1 Å². The van der Waals surface area contributed by atoms with E-state index in [0.717, 1.165) is 6.42 Å². The third-order valence-electron chi connectivity index (χ3n) is 8.70. The molecule has 2 aromatic heterocycles. The molecule has 2 fully saturated rings. The summed E-state index contributed by atoms with van der Waals surface area (Å²) in [5, 5.41) is 11.3. The van der Waals surface area contributed by atoms with E-state index in [9.17, 15) is 14.7 Å². The predicted octanol–water partition coefficient (Wildman–Crippen LogP) is 4.13. The SMILES string of the molecule is COC(=O)c1c(N)ccc2oc(CC3OC4(CCC3C)OC(C(C)C(=O)c3ccc[nH]3)C(C)C(O)C4C)nc12. The molecule has 210 valence electrons. The Balaban J connectivity index is 1.41. The van der Waals surface area contributed by atoms with Crippen LogP contribution in [0.2, 0.25) is 0 Å². The van der Waals surface area contributed by atoms with E-state index in [0.29, 0.717) is 35.5 Å². The monoisotopic (exact) mass is 539 g/mol. The van der Waals surface area contributed by atoms with Gasteiger partial charge >= 0.3 is 5.97 Å². The van der Waals surface area contributed by atoms with Crippen LogP contribution in [0.3, 0.4) is 0 Å². The number of fused-ring (bicyclic) bond motifs is 1. The molecule has 3 aromatic rings. The summed E-state index contributed by atoms with van der Waals surface area (Å²) in [7, 11) is 1.29. The summed E-state index contributed by atoms with van der Waals surface area (Å²) in [6, 6.07) is 6.80. The fourth-order valence-electron chi connectivity index (χ4n) is 6.13. The van der Waals surface area contributed by atoms with Crippen LogP contribution >= 0.6 is 0 Å². The first-order valence-electron chi connectivity index (χ1n) is 13.5. The van der Waals surface area contributed by atoms with E-state index in [2.05, 4.69) is 16.9 Å². The minimum Gasteiger partial charge on any atom is -0.465 e. The maximum absolute atomic E-state index is 13.2. The van der Waals surface area contributed by atoms with Crippen molar-refractivity contribution < 1.29 is 33.3 Å². The van der Waals surface area contributed by atoms with Crippen molar-refractivity contribution >= 4 is 28.5 Å². The molecule has 1 spiro atoms. The average Bonchev–Trinajstić information content (AvgIpc) is 3.60. The normalized spacial score (nSPS) is 31.8. The second kappa shape index (κ2) is 10.4. The first-order valence-corrected chi connectivity index (χ1v) is 13.5. The van der Waals surface area contributed by atoms with Gasteiger partial charge in [0.2, 0.25) is 0 Å². The van der Waals surface area contributed by atoms with Gasteiger partial charge in [0.05, 0.1) is 37.5 Å². The Morgan fingerprint density at radius 3 is 2.72 bits per heavy atom. The number of hydrogen-bond donors (Lipinski definition) is 3.